The number of nitrogens with one attached hydrogen (secondary N) is 1. The van der Waals surface area contributed by atoms with Crippen molar-refractivity contribution in [3.63, 3.8) is 0 Å². The first-order valence-electron chi connectivity index (χ1n) is 9.58. The van der Waals surface area contributed by atoms with Crippen molar-refractivity contribution >= 4 is 27.7 Å². The number of nitrogens with zero attached hydrogens (tertiary/aromatic N) is 1. The Morgan fingerprint density at radius 2 is 1.59 bits per heavy atom. The molecule has 2 amide bonds. The Bertz CT molecular complexity index is 827. The van der Waals surface area contributed by atoms with Crippen LogP contribution in [0.3, 0.4) is 0 Å². The molecule has 0 heterocycles. The molecule has 5 nitrogen and oxygen atoms in total. The van der Waals surface area contributed by atoms with Crippen LogP contribution >= 0.6 is 15.9 Å². The van der Waals surface area contributed by atoms with Crippen molar-refractivity contribution in [3.8, 4) is 5.75 Å². The van der Waals surface area contributed by atoms with Gasteiger partial charge in [0.1, 0.15) is 11.8 Å². The molecule has 6 heteroatoms. The second-order valence-corrected chi connectivity index (χ2v) is 9.00. The van der Waals surface area contributed by atoms with Gasteiger partial charge in [-0.25, -0.2) is 0 Å². The van der Waals surface area contributed by atoms with Crippen molar-refractivity contribution in [1.82, 2.24) is 10.2 Å². The van der Waals surface area contributed by atoms with Gasteiger partial charge < -0.3 is 15.0 Å². The third-order valence-corrected chi connectivity index (χ3v) is 4.97. The molecule has 1 atom stereocenters. The van der Waals surface area contributed by atoms with Gasteiger partial charge in [-0.05, 0) is 63.1 Å². The molecule has 2 aromatic rings. The topological polar surface area (TPSA) is 58.6 Å². The minimum atomic E-state index is -0.594. The van der Waals surface area contributed by atoms with Crippen LogP contribution in [0.2, 0.25) is 0 Å². The lowest BCUT2D eigenvalue weighted by Gasteiger charge is -2.31. The summed E-state index contributed by atoms with van der Waals surface area (Å²) in [4.78, 5) is 27.5. The Labute approximate surface area is 181 Å². The third-order valence-electron chi connectivity index (χ3n) is 4.45. The zero-order valence-corrected chi connectivity index (χ0v) is 19.2. The Balaban J connectivity index is 2.22. The Kier molecular flexibility index (Phi) is 7.85. The van der Waals surface area contributed by atoms with Gasteiger partial charge in [0.25, 0.3) is 0 Å². The van der Waals surface area contributed by atoms with Gasteiger partial charge >= 0.3 is 0 Å². The first kappa shape index (κ1) is 22.9. The van der Waals surface area contributed by atoms with Crippen molar-refractivity contribution < 1.29 is 14.3 Å². The highest BCUT2D eigenvalue weighted by molar-refractivity contribution is 9.10. The second-order valence-electron chi connectivity index (χ2n) is 8.09. The van der Waals surface area contributed by atoms with E-state index in [0.717, 1.165) is 21.3 Å². The number of rotatable bonds is 7. The first-order chi connectivity index (χ1) is 13.6. The summed E-state index contributed by atoms with van der Waals surface area (Å²) < 4.78 is 6.14. The normalized spacial score (nSPS) is 12.2. The summed E-state index contributed by atoms with van der Waals surface area (Å²) in [5, 5.41) is 2.97. The highest BCUT2D eigenvalue weighted by Gasteiger charge is 2.28. The number of methoxy groups -OCH3 is 1. The van der Waals surface area contributed by atoms with Crippen LogP contribution < -0.4 is 10.1 Å². The maximum Gasteiger partial charge on any atom is 0.242 e. The maximum absolute atomic E-state index is 13.2. The van der Waals surface area contributed by atoms with Gasteiger partial charge in [0.2, 0.25) is 11.8 Å². The van der Waals surface area contributed by atoms with Crippen LogP contribution in [-0.4, -0.2) is 35.4 Å². The summed E-state index contributed by atoms with van der Waals surface area (Å²) in [6.07, 6.45) is 0.216. The summed E-state index contributed by atoms with van der Waals surface area (Å²) >= 11 is 3.43. The number of benzene rings is 2. The van der Waals surface area contributed by atoms with Crippen molar-refractivity contribution in [1.29, 1.82) is 0 Å². The average Bonchev–Trinajstić information content (AvgIpc) is 2.66. The van der Waals surface area contributed by atoms with Crippen molar-refractivity contribution in [2.24, 2.45) is 0 Å². The van der Waals surface area contributed by atoms with Gasteiger partial charge in [-0.2, -0.15) is 0 Å². The first-order valence-corrected chi connectivity index (χ1v) is 10.4. The molecule has 0 aliphatic rings. The summed E-state index contributed by atoms with van der Waals surface area (Å²) in [6.45, 7) is 7.91. The largest absolute Gasteiger partial charge is 0.497 e. The molecular weight excluding hydrogens is 432 g/mol. The SMILES string of the molecule is COc1ccc(CC(=O)N(Cc2ccc(Br)cc2)[C@H](C)C(=O)NC(C)(C)C)cc1. The molecule has 0 aromatic heterocycles. The zero-order valence-electron chi connectivity index (χ0n) is 17.7. The van der Waals surface area contributed by atoms with Crippen molar-refractivity contribution in [2.75, 3.05) is 7.11 Å². The molecule has 0 unspecified atom stereocenters. The molecule has 2 rings (SSSR count). The Morgan fingerprint density at radius 1 is 1.03 bits per heavy atom. The number of ether oxygens (including phenoxy) is 1. The fourth-order valence-corrected chi connectivity index (χ4v) is 3.13. The molecular formula is C23H29BrN2O3. The minimum absolute atomic E-state index is 0.102. The highest BCUT2D eigenvalue weighted by atomic mass is 79.9. The number of carbonyl (C=O) groups excluding carboxylic acids is 2. The summed E-state index contributed by atoms with van der Waals surface area (Å²) in [7, 11) is 1.61. The molecule has 2 aromatic carbocycles. The molecule has 29 heavy (non-hydrogen) atoms. The van der Waals surface area contributed by atoms with E-state index in [4.69, 9.17) is 4.74 Å². The van der Waals surface area contributed by atoms with E-state index in [1.54, 1.807) is 18.9 Å². The lowest BCUT2D eigenvalue weighted by Crippen LogP contribution is -2.52. The van der Waals surface area contributed by atoms with E-state index in [1.165, 1.54) is 0 Å². The maximum atomic E-state index is 13.2. The average molecular weight is 461 g/mol. The molecule has 0 saturated carbocycles. The van der Waals surface area contributed by atoms with E-state index in [2.05, 4.69) is 21.2 Å². The Hall–Kier alpha value is -2.34. The Morgan fingerprint density at radius 3 is 2.10 bits per heavy atom. The molecule has 0 radical (unpaired) electrons. The molecule has 0 spiro atoms. The predicted octanol–water partition coefficient (Wildman–Crippen LogP) is 4.33. The van der Waals surface area contributed by atoms with E-state index < -0.39 is 6.04 Å². The summed E-state index contributed by atoms with van der Waals surface area (Å²) in [5.41, 5.74) is 1.47. The number of carbonyl (C=O) groups is 2. The van der Waals surface area contributed by atoms with Crippen LogP contribution in [0.5, 0.6) is 5.75 Å². The van der Waals surface area contributed by atoms with Gasteiger partial charge in [0.15, 0.2) is 0 Å². The standard InChI is InChI=1S/C23H29BrN2O3/c1-16(22(28)25-23(2,3)4)26(15-18-6-10-19(24)11-7-18)21(27)14-17-8-12-20(29-5)13-9-17/h6-13,16H,14-15H2,1-5H3,(H,25,28)/t16-/m1/s1. The van der Waals surface area contributed by atoms with E-state index in [1.807, 2.05) is 69.3 Å². The lowest BCUT2D eigenvalue weighted by molar-refractivity contribution is -0.140. The number of halogens is 1. The molecule has 156 valence electrons. The van der Waals surface area contributed by atoms with Gasteiger partial charge in [-0.3, -0.25) is 9.59 Å². The molecule has 0 aliphatic carbocycles. The van der Waals surface area contributed by atoms with Crippen LogP contribution in [0.25, 0.3) is 0 Å². The van der Waals surface area contributed by atoms with Crippen LogP contribution in [0, 0.1) is 0 Å². The number of hydrogen-bond acceptors (Lipinski definition) is 3. The molecule has 0 saturated heterocycles. The van der Waals surface area contributed by atoms with Crippen LogP contribution in [0.1, 0.15) is 38.8 Å². The summed E-state index contributed by atoms with van der Waals surface area (Å²) in [6, 6.07) is 14.6. The molecule has 1 N–H and O–H groups in total. The van der Waals surface area contributed by atoms with Crippen molar-refractivity contribution in [2.45, 2.75) is 52.2 Å². The number of amides is 2. The minimum Gasteiger partial charge on any atom is -0.497 e. The molecule has 0 bridgehead atoms. The fourth-order valence-electron chi connectivity index (χ4n) is 2.86. The van der Waals surface area contributed by atoms with Crippen LogP contribution in [-0.2, 0) is 22.6 Å². The summed E-state index contributed by atoms with van der Waals surface area (Å²) in [5.74, 6) is 0.471. The van der Waals surface area contributed by atoms with Crippen LogP contribution in [0.15, 0.2) is 53.0 Å². The number of hydrogen-bond donors (Lipinski definition) is 1. The molecule has 0 fully saturated rings. The van der Waals surface area contributed by atoms with Crippen molar-refractivity contribution in [3.05, 3.63) is 64.1 Å². The molecule has 0 aliphatic heterocycles. The van der Waals surface area contributed by atoms with Gasteiger partial charge in [0.05, 0.1) is 13.5 Å². The lowest BCUT2D eigenvalue weighted by atomic mass is 10.1. The predicted molar refractivity (Wildman–Crippen MR) is 119 cm³/mol. The van der Waals surface area contributed by atoms with E-state index in [-0.39, 0.29) is 23.8 Å². The zero-order chi connectivity index (χ0) is 21.6. The van der Waals surface area contributed by atoms with Crippen LogP contribution in [0.4, 0.5) is 0 Å². The third kappa shape index (κ3) is 7.20. The van der Waals surface area contributed by atoms with E-state index in [9.17, 15) is 9.59 Å². The second kappa shape index (κ2) is 9.92. The van der Waals surface area contributed by atoms with Gasteiger partial charge in [-0.15, -0.1) is 0 Å². The monoisotopic (exact) mass is 460 g/mol. The van der Waals surface area contributed by atoms with Gasteiger partial charge in [-0.1, -0.05) is 40.2 Å². The smallest absolute Gasteiger partial charge is 0.242 e. The highest BCUT2D eigenvalue weighted by Crippen LogP contribution is 2.17. The fraction of sp³-hybridized carbons (Fsp3) is 0.391. The quantitative estimate of drug-likeness (QED) is 0.668. The van der Waals surface area contributed by atoms with E-state index in [0.29, 0.717) is 6.54 Å². The van der Waals surface area contributed by atoms with Gasteiger partial charge in [0, 0.05) is 16.6 Å². The van der Waals surface area contributed by atoms with E-state index >= 15 is 0 Å².